The maximum absolute atomic E-state index is 6.04. The zero-order chi connectivity index (χ0) is 14.8. The zero-order valence-corrected chi connectivity index (χ0v) is 12.0. The Morgan fingerprint density at radius 2 is 1.86 bits per heavy atom. The average Bonchev–Trinajstić information content (AvgIpc) is 2.86. The Kier molecular flexibility index (Phi) is 3.43. The minimum Gasteiger partial charge on any atom is -0.399 e. The van der Waals surface area contributed by atoms with Crippen molar-refractivity contribution in [1.29, 1.82) is 0 Å². The third kappa shape index (κ3) is 2.40. The Hall–Kier alpha value is -2.63. The molecule has 0 fully saturated rings. The molecule has 2 aromatic heterocycles. The lowest BCUT2D eigenvalue weighted by molar-refractivity contribution is 0.585. The minimum atomic E-state index is 0.453. The predicted molar refractivity (Wildman–Crippen MR) is 84.5 cm³/mol. The Morgan fingerprint density at radius 1 is 1.10 bits per heavy atom. The summed E-state index contributed by atoms with van der Waals surface area (Å²) in [4.78, 5) is 8.44. The molecular weight excluding hydrogens is 264 g/mol. The first-order valence-electron chi connectivity index (χ1n) is 7.03. The third-order valence-electron chi connectivity index (χ3n) is 3.47. The number of rotatable bonds is 4. The first-order valence-corrected chi connectivity index (χ1v) is 7.03. The van der Waals surface area contributed by atoms with Crippen LogP contribution in [0.2, 0.25) is 0 Å². The molecule has 2 heterocycles. The summed E-state index contributed by atoms with van der Waals surface area (Å²) in [6, 6.07) is 7.58. The second-order valence-corrected chi connectivity index (χ2v) is 5.00. The van der Waals surface area contributed by atoms with Crippen molar-refractivity contribution in [3.8, 4) is 11.3 Å². The molecule has 6 heteroatoms. The Balaban J connectivity index is 2.19. The maximum atomic E-state index is 6.04. The first kappa shape index (κ1) is 13.4. The summed E-state index contributed by atoms with van der Waals surface area (Å²) in [5.41, 5.74) is 15.0. The summed E-state index contributed by atoms with van der Waals surface area (Å²) in [5.74, 6) is 0.453. The third-order valence-corrected chi connectivity index (χ3v) is 3.47. The van der Waals surface area contributed by atoms with Gasteiger partial charge in [-0.15, -0.1) is 0 Å². The lowest BCUT2D eigenvalue weighted by atomic mass is 10.1. The molecule has 3 aromatic rings. The van der Waals surface area contributed by atoms with Crippen molar-refractivity contribution in [2.75, 3.05) is 11.5 Å². The highest BCUT2D eigenvalue weighted by molar-refractivity contribution is 5.98. The number of fused-ring (bicyclic) bond motifs is 1. The average molecular weight is 282 g/mol. The summed E-state index contributed by atoms with van der Waals surface area (Å²) in [7, 11) is 0. The van der Waals surface area contributed by atoms with Crippen molar-refractivity contribution >= 4 is 22.5 Å². The predicted octanol–water partition coefficient (Wildman–Crippen LogP) is 2.46. The van der Waals surface area contributed by atoms with E-state index in [0.29, 0.717) is 5.82 Å². The fraction of sp³-hybridized carbons (Fsp3) is 0.267. The van der Waals surface area contributed by atoms with E-state index in [2.05, 4.69) is 22.0 Å². The summed E-state index contributed by atoms with van der Waals surface area (Å²) in [6.45, 7) is 2.97. The van der Waals surface area contributed by atoms with Gasteiger partial charge in [0.15, 0.2) is 5.65 Å². The van der Waals surface area contributed by atoms with Crippen LogP contribution in [0.25, 0.3) is 22.3 Å². The van der Waals surface area contributed by atoms with Gasteiger partial charge < -0.3 is 11.5 Å². The van der Waals surface area contributed by atoms with Crippen molar-refractivity contribution in [2.24, 2.45) is 0 Å². The van der Waals surface area contributed by atoms with E-state index in [4.69, 9.17) is 11.5 Å². The van der Waals surface area contributed by atoms with Crippen LogP contribution in [0.5, 0.6) is 0 Å². The topological polar surface area (TPSA) is 95.6 Å². The van der Waals surface area contributed by atoms with Gasteiger partial charge in [0.25, 0.3) is 0 Å². The van der Waals surface area contributed by atoms with Crippen molar-refractivity contribution in [3.63, 3.8) is 0 Å². The van der Waals surface area contributed by atoms with Gasteiger partial charge >= 0.3 is 0 Å². The summed E-state index contributed by atoms with van der Waals surface area (Å²) < 4.78 is 1.91. The zero-order valence-electron chi connectivity index (χ0n) is 12.0. The molecular formula is C15H18N6. The van der Waals surface area contributed by atoms with Crippen LogP contribution < -0.4 is 11.5 Å². The standard InChI is InChI=1S/C15H18N6/c1-2-3-8-21-15-12(14(17)18-9-19-15)13(20-21)10-4-6-11(16)7-5-10/h4-7,9H,2-3,8,16H2,1H3,(H2,17,18,19). The monoisotopic (exact) mass is 282 g/mol. The van der Waals surface area contributed by atoms with Crippen LogP contribution in [-0.4, -0.2) is 19.7 Å². The molecule has 21 heavy (non-hydrogen) atoms. The second-order valence-electron chi connectivity index (χ2n) is 5.00. The molecule has 0 atom stereocenters. The van der Waals surface area contributed by atoms with Crippen molar-refractivity contribution in [3.05, 3.63) is 30.6 Å². The van der Waals surface area contributed by atoms with Crippen LogP contribution in [0.1, 0.15) is 19.8 Å². The van der Waals surface area contributed by atoms with Crippen molar-refractivity contribution in [2.45, 2.75) is 26.3 Å². The molecule has 0 aliphatic rings. The molecule has 0 saturated carbocycles. The first-order chi connectivity index (χ1) is 10.2. The quantitative estimate of drug-likeness (QED) is 0.717. The second kappa shape index (κ2) is 5.40. The summed E-state index contributed by atoms with van der Waals surface area (Å²) >= 11 is 0. The normalized spacial score (nSPS) is 11.1. The number of aryl methyl sites for hydroxylation is 1. The van der Waals surface area contributed by atoms with Gasteiger partial charge in [0, 0.05) is 17.8 Å². The molecule has 0 aliphatic carbocycles. The van der Waals surface area contributed by atoms with Crippen molar-refractivity contribution < 1.29 is 0 Å². The maximum Gasteiger partial charge on any atom is 0.163 e. The number of aromatic nitrogens is 4. The van der Waals surface area contributed by atoms with E-state index in [-0.39, 0.29) is 0 Å². The highest BCUT2D eigenvalue weighted by Gasteiger charge is 2.16. The number of anilines is 2. The fourth-order valence-electron chi connectivity index (χ4n) is 2.34. The molecule has 6 nitrogen and oxygen atoms in total. The number of benzene rings is 1. The van der Waals surface area contributed by atoms with Gasteiger partial charge in [0.05, 0.1) is 5.39 Å². The number of hydrogen-bond acceptors (Lipinski definition) is 5. The number of nitrogens with zero attached hydrogens (tertiary/aromatic N) is 4. The van der Waals surface area contributed by atoms with Crippen LogP contribution in [0.4, 0.5) is 11.5 Å². The minimum absolute atomic E-state index is 0.453. The van der Waals surface area contributed by atoms with Gasteiger partial charge in [0.1, 0.15) is 17.8 Å². The van der Waals surface area contributed by atoms with Gasteiger partial charge in [-0.1, -0.05) is 25.5 Å². The van der Waals surface area contributed by atoms with E-state index in [1.807, 2.05) is 28.9 Å². The molecule has 0 saturated heterocycles. The summed E-state index contributed by atoms with van der Waals surface area (Å²) in [5, 5.41) is 5.48. The number of nitrogens with two attached hydrogens (primary N) is 2. The number of unbranched alkanes of at least 4 members (excludes halogenated alkanes) is 1. The van der Waals surface area contributed by atoms with E-state index in [1.54, 1.807) is 0 Å². The number of nitrogen functional groups attached to an aromatic ring is 2. The smallest absolute Gasteiger partial charge is 0.163 e. The lowest BCUT2D eigenvalue weighted by Crippen LogP contribution is -2.01. The van der Waals surface area contributed by atoms with Gasteiger partial charge in [-0.25, -0.2) is 14.6 Å². The summed E-state index contributed by atoms with van der Waals surface area (Å²) in [6.07, 6.45) is 3.62. The van der Waals surface area contributed by atoms with E-state index in [9.17, 15) is 0 Å². The van der Waals surface area contributed by atoms with E-state index in [1.165, 1.54) is 6.33 Å². The molecule has 0 aliphatic heterocycles. The van der Waals surface area contributed by atoms with Crippen LogP contribution >= 0.6 is 0 Å². The molecule has 3 rings (SSSR count). The molecule has 0 amide bonds. The van der Waals surface area contributed by atoms with Gasteiger partial charge in [-0.2, -0.15) is 5.10 Å². The van der Waals surface area contributed by atoms with Gasteiger partial charge in [0.2, 0.25) is 0 Å². The van der Waals surface area contributed by atoms with E-state index < -0.39 is 0 Å². The highest BCUT2D eigenvalue weighted by Crippen LogP contribution is 2.30. The molecule has 0 bridgehead atoms. The molecule has 1 aromatic carbocycles. The molecule has 0 spiro atoms. The Labute approximate surface area is 122 Å². The Bertz CT molecular complexity index is 760. The fourth-order valence-corrected chi connectivity index (χ4v) is 2.34. The molecule has 108 valence electrons. The largest absolute Gasteiger partial charge is 0.399 e. The molecule has 0 radical (unpaired) electrons. The molecule has 0 unspecified atom stereocenters. The van der Waals surface area contributed by atoms with Crippen LogP contribution in [0.3, 0.4) is 0 Å². The van der Waals surface area contributed by atoms with Gasteiger partial charge in [-0.3, -0.25) is 0 Å². The van der Waals surface area contributed by atoms with Crippen molar-refractivity contribution in [1.82, 2.24) is 19.7 Å². The van der Waals surface area contributed by atoms with E-state index in [0.717, 1.165) is 47.4 Å². The highest BCUT2D eigenvalue weighted by atomic mass is 15.3. The van der Waals surface area contributed by atoms with Crippen LogP contribution in [0.15, 0.2) is 30.6 Å². The van der Waals surface area contributed by atoms with Gasteiger partial charge in [-0.05, 0) is 18.6 Å². The Morgan fingerprint density at radius 3 is 2.57 bits per heavy atom. The van der Waals surface area contributed by atoms with E-state index >= 15 is 0 Å². The van der Waals surface area contributed by atoms with Crippen LogP contribution in [0, 0.1) is 0 Å². The van der Waals surface area contributed by atoms with Crippen LogP contribution in [-0.2, 0) is 6.54 Å². The lowest BCUT2D eigenvalue weighted by Gasteiger charge is -2.00. The number of hydrogen-bond donors (Lipinski definition) is 2. The molecule has 4 N–H and O–H groups in total. The SMILES string of the molecule is CCCCn1nc(-c2ccc(N)cc2)c2c(N)ncnc21.